The molecule has 0 fully saturated rings. The van der Waals surface area contributed by atoms with Crippen LogP contribution in [0.4, 0.5) is 11.4 Å². The summed E-state index contributed by atoms with van der Waals surface area (Å²) in [5, 5.41) is 10.0. The van der Waals surface area contributed by atoms with Gasteiger partial charge in [0.1, 0.15) is 5.75 Å². The summed E-state index contributed by atoms with van der Waals surface area (Å²) in [6.45, 7) is 4.20. The van der Waals surface area contributed by atoms with Crippen molar-refractivity contribution in [2.45, 2.75) is 13.8 Å². The summed E-state index contributed by atoms with van der Waals surface area (Å²) in [5.74, 6) is -0.135. The minimum absolute atomic E-state index is 0.112. The number of aryl methyl sites for hydroxylation is 1. The zero-order chi connectivity index (χ0) is 15.6. The molecule has 5 heteroatoms. The summed E-state index contributed by atoms with van der Waals surface area (Å²) in [6.07, 6.45) is 0. The summed E-state index contributed by atoms with van der Waals surface area (Å²) in [7, 11) is 0. The minimum Gasteiger partial charge on any atom is -0.508 e. The molecule has 2 rings (SSSR count). The number of aromatic hydroxyl groups is 1. The summed E-state index contributed by atoms with van der Waals surface area (Å²) >= 11 is 6.10. The van der Waals surface area contributed by atoms with Crippen LogP contribution in [0.3, 0.4) is 0 Å². The molecule has 110 valence electrons. The van der Waals surface area contributed by atoms with Crippen LogP contribution in [-0.2, 0) is 0 Å². The molecule has 0 saturated heterocycles. The highest BCUT2D eigenvalue weighted by Crippen LogP contribution is 2.28. The van der Waals surface area contributed by atoms with Gasteiger partial charge in [0, 0.05) is 18.3 Å². The van der Waals surface area contributed by atoms with Crippen molar-refractivity contribution in [3.63, 3.8) is 0 Å². The van der Waals surface area contributed by atoms with E-state index in [0.717, 1.165) is 5.56 Å². The first-order chi connectivity index (χ1) is 9.93. The van der Waals surface area contributed by atoms with E-state index in [2.05, 4.69) is 0 Å². The first kappa shape index (κ1) is 15.2. The van der Waals surface area contributed by atoms with Gasteiger partial charge in [-0.2, -0.15) is 0 Å². The highest BCUT2D eigenvalue weighted by atomic mass is 35.5. The van der Waals surface area contributed by atoms with E-state index in [0.29, 0.717) is 28.5 Å². The van der Waals surface area contributed by atoms with Gasteiger partial charge in [0.2, 0.25) is 0 Å². The molecule has 21 heavy (non-hydrogen) atoms. The third kappa shape index (κ3) is 3.11. The molecule has 0 aromatic heterocycles. The Balaban J connectivity index is 2.48. The number of carbonyl (C=O) groups excluding carboxylic acids is 1. The predicted molar refractivity (Wildman–Crippen MR) is 86.1 cm³/mol. The number of halogens is 1. The molecule has 0 aliphatic heterocycles. The standard InChI is InChI=1S/C16H17ClN2O2/c1-3-19(15-9-12(20)6-4-10(15)2)16(21)13-8-11(18)5-7-14(13)17/h4-9,20H,3,18H2,1-2H3. The molecule has 2 aromatic carbocycles. The summed E-state index contributed by atoms with van der Waals surface area (Å²) in [4.78, 5) is 14.3. The van der Waals surface area contributed by atoms with Crippen LogP contribution in [-0.4, -0.2) is 17.6 Å². The number of nitrogens with zero attached hydrogens (tertiary/aromatic N) is 1. The lowest BCUT2D eigenvalue weighted by Crippen LogP contribution is -2.31. The molecule has 1 amide bonds. The zero-order valence-corrected chi connectivity index (χ0v) is 12.7. The fourth-order valence-electron chi connectivity index (χ4n) is 2.16. The lowest BCUT2D eigenvalue weighted by Gasteiger charge is -2.23. The number of amides is 1. The Morgan fingerprint density at radius 2 is 2.00 bits per heavy atom. The number of phenols is 1. The van der Waals surface area contributed by atoms with Gasteiger partial charge in [0.05, 0.1) is 16.3 Å². The summed E-state index contributed by atoms with van der Waals surface area (Å²) in [5.41, 5.74) is 8.10. The van der Waals surface area contributed by atoms with Gasteiger partial charge in [0.15, 0.2) is 0 Å². The number of nitrogens with two attached hydrogens (primary N) is 1. The average Bonchev–Trinajstić information content (AvgIpc) is 2.46. The number of hydrogen-bond donors (Lipinski definition) is 2. The van der Waals surface area contributed by atoms with E-state index >= 15 is 0 Å². The maximum atomic E-state index is 12.7. The van der Waals surface area contributed by atoms with Crippen LogP contribution in [0.25, 0.3) is 0 Å². The smallest absolute Gasteiger partial charge is 0.259 e. The number of phenolic OH excluding ortho intramolecular Hbond substituents is 1. The average molecular weight is 305 g/mol. The molecule has 0 spiro atoms. The highest BCUT2D eigenvalue weighted by Gasteiger charge is 2.20. The van der Waals surface area contributed by atoms with E-state index < -0.39 is 0 Å². The van der Waals surface area contributed by atoms with Crippen LogP contribution in [0.2, 0.25) is 5.02 Å². The quantitative estimate of drug-likeness (QED) is 0.851. The van der Waals surface area contributed by atoms with Gasteiger partial charge < -0.3 is 15.7 Å². The van der Waals surface area contributed by atoms with E-state index in [1.54, 1.807) is 41.3 Å². The zero-order valence-electron chi connectivity index (χ0n) is 11.9. The molecule has 0 radical (unpaired) electrons. The number of hydrogen-bond acceptors (Lipinski definition) is 3. The predicted octanol–water partition coefficient (Wildman–Crippen LogP) is 3.60. The van der Waals surface area contributed by atoms with Crippen molar-refractivity contribution in [2.24, 2.45) is 0 Å². The van der Waals surface area contributed by atoms with Crippen molar-refractivity contribution >= 4 is 28.9 Å². The highest BCUT2D eigenvalue weighted by molar-refractivity contribution is 6.34. The molecular weight excluding hydrogens is 288 g/mol. The van der Waals surface area contributed by atoms with Gasteiger partial charge in [-0.15, -0.1) is 0 Å². The number of rotatable bonds is 3. The molecule has 0 aliphatic rings. The second-order valence-corrected chi connectivity index (χ2v) is 5.17. The van der Waals surface area contributed by atoms with Gasteiger partial charge in [-0.25, -0.2) is 0 Å². The fraction of sp³-hybridized carbons (Fsp3) is 0.188. The first-order valence-electron chi connectivity index (χ1n) is 6.60. The van der Waals surface area contributed by atoms with Gasteiger partial charge in [0.25, 0.3) is 5.91 Å². The molecule has 0 atom stereocenters. The van der Waals surface area contributed by atoms with Gasteiger partial charge >= 0.3 is 0 Å². The van der Waals surface area contributed by atoms with Crippen LogP contribution >= 0.6 is 11.6 Å². The van der Waals surface area contributed by atoms with E-state index in [1.165, 1.54) is 0 Å². The van der Waals surface area contributed by atoms with Gasteiger partial charge in [-0.05, 0) is 43.7 Å². The lowest BCUT2D eigenvalue weighted by molar-refractivity contribution is 0.0988. The van der Waals surface area contributed by atoms with E-state index in [-0.39, 0.29) is 11.7 Å². The molecule has 0 heterocycles. The molecule has 0 saturated carbocycles. The molecule has 0 aliphatic carbocycles. The van der Waals surface area contributed by atoms with E-state index in [4.69, 9.17) is 17.3 Å². The van der Waals surface area contributed by atoms with Crippen molar-refractivity contribution in [3.05, 3.63) is 52.5 Å². The van der Waals surface area contributed by atoms with Crippen molar-refractivity contribution in [2.75, 3.05) is 17.2 Å². The Bertz CT molecular complexity index is 686. The maximum absolute atomic E-state index is 12.7. The van der Waals surface area contributed by atoms with Crippen molar-refractivity contribution in [3.8, 4) is 5.75 Å². The number of nitrogen functional groups attached to an aromatic ring is 1. The molecule has 0 unspecified atom stereocenters. The van der Waals surface area contributed by atoms with Crippen LogP contribution in [0.15, 0.2) is 36.4 Å². The Hall–Kier alpha value is -2.20. The Kier molecular flexibility index (Phi) is 4.38. The van der Waals surface area contributed by atoms with Crippen molar-refractivity contribution in [1.29, 1.82) is 0 Å². The second-order valence-electron chi connectivity index (χ2n) is 4.76. The normalized spacial score (nSPS) is 10.4. The molecular formula is C16H17ClN2O2. The van der Waals surface area contributed by atoms with E-state index in [9.17, 15) is 9.90 Å². The first-order valence-corrected chi connectivity index (χ1v) is 6.98. The Labute approximate surface area is 128 Å². The SMILES string of the molecule is CCN(C(=O)c1cc(N)ccc1Cl)c1cc(O)ccc1C. The Morgan fingerprint density at radius 3 is 2.67 bits per heavy atom. The van der Waals surface area contributed by atoms with Crippen molar-refractivity contribution in [1.82, 2.24) is 0 Å². The summed E-state index contributed by atoms with van der Waals surface area (Å²) < 4.78 is 0. The molecule has 2 aromatic rings. The second kappa shape index (κ2) is 6.06. The fourth-order valence-corrected chi connectivity index (χ4v) is 2.36. The topological polar surface area (TPSA) is 66.6 Å². The van der Waals surface area contributed by atoms with Gasteiger partial charge in [-0.1, -0.05) is 17.7 Å². The molecule has 0 bridgehead atoms. The van der Waals surface area contributed by atoms with Crippen molar-refractivity contribution < 1.29 is 9.90 Å². The number of carbonyl (C=O) groups is 1. The lowest BCUT2D eigenvalue weighted by atomic mass is 10.1. The molecule has 3 N–H and O–H groups in total. The molecule has 4 nitrogen and oxygen atoms in total. The maximum Gasteiger partial charge on any atom is 0.259 e. The third-order valence-corrected chi connectivity index (χ3v) is 3.60. The third-order valence-electron chi connectivity index (χ3n) is 3.27. The monoisotopic (exact) mass is 304 g/mol. The largest absolute Gasteiger partial charge is 0.508 e. The van der Waals surface area contributed by atoms with E-state index in [1.807, 2.05) is 13.8 Å². The van der Waals surface area contributed by atoms with Crippen LogP contribution < -0.4 is 10.6 Å². The number of benzene rings is 2. The van der Waals surface area contributed by atoms with Crippen LogP contribution in [0.1, 0.15) is 22.8 Å². The number of anilines is 2. The Morgan fingerprint density at radius 1 is 1.29 bits per heavy atom. The van der Waals surface area contributed by atoms with Crippen LogP contribution in [0, 0.1) is 6.92 Å². The van der Waals surface area contributed by atoms with Gasteiger partial charge in [-0.3, -0.25) is 4.79 Å². The minimum atomic E-state index is -0.247. The van der Waals surface area contributed by atoms with Crippen LogP contribution in [0.5, 0.6) is 5.75 Å². The summed E-state index contributed by atoms with van der Waals surface area (Å²) in [6, 6.07) is 9.73.